The molecule has 1 amide bonds. The van der Waals surface area contributed by atoms with Gasteiger partial charge in [0.1, 0.15) is 18.0 Å². The molecule has 184 valence electrons. The number of amides is 1. The van der Waals surface area contributed by atoms with Gasteiger partial charge in [0.15, 0.2) is 0 Å². The maximum atomic E-state index is 13.1. The van der Waals surface area contributed by atoms with Gasteiger partial charge in [-0.3, -0.25) is 14.4 Å². The van der Waals surface area contributed by atoms with Crippen LogP contribution in [0.15, 0.2) is 49.2 Å². The van der Waals surface area contributed by atoms with E-state index in [0.29, 0.717) is 36.8 Å². The second-order valence-corrected chi connectivity index (χ2v) is 9.51. The smallest absolute Gasteiger partial charge is 0.254 e. The second-order valence-electron chi connectivity index (χ2n) is 9.07. The number of fused-ring (bicyclic) bond motifs is 1. The molecule has 3 aromatic heterocycles. The van der Waals surface area contributed by atoms with Gasteiger partial charge >= 0.3 is 0 Å². The third kappa shape index (κ3) is 4.96. The van der Waals surface area contributed by atoms with Gasteiger partial charge in [-0.15, -0.1) is 0 Å². The Labute approximate surface area is 214 Å². The SMILES string of the molecule is [C-]#[N+]CC(CN1CCCN(C(=O)c2ccc(Cl)cc2C)CC1)n1cc(-c2ncnc3[nH]ccc23)cn1. The number of rotatable bonds is 6. The van der Waals surface area contributed by atoms with Crippen LogP contribution >= 0.6 is 11.6 Å². The number of carbonyl (C=O) groups excluding carboxylic acids is 1. The van der Waals surface area contributed by atoms with Crippen molar-refractivity contribution in [3.05, 3.63) is 76.8 Å². The summed E-state index contributed by atoms with van der Waals surface area (Å²) >= 11 is 6.07. The molecule has 1 N–H and O–H groups in total. The number of aromatic amines is 1. The summed E-state index contributed by atoms with van der Waals surface area (Å²) in [5.41, 5.74) is 4.08. The highest BCUT2D eigenvalue weighted by atomic mass is 35.5. The molecule has 36 heavy (non-hydrogen) atoms. The summed E-state index contributed by atoms with van der Waals surface area (Å²) in [5.74, 6) is 0.0429. The van der Waals surface area contributed by atoms with E-state index in [1.165, 1.54) is 6.33 Å². The van der Waals surface area contributed by atoms with Crippen molar-refractivity contribution in [1.29, 1.82) is 0 Å². The fourth-order valence-electron chi connectivity index (χ4n) is 4.78. The van der Waals surface area contributed by atoms with Crippen molar-refractivity contribution < 1.29 is 4.79 Å². The van der Waals surface area contributed by atoms with E-state index in [-0.39, 0.29) is 11.9 Å². The monoisotopic (exact) mass is 502 g/mol. The number of hydrogen-bond acceptors (Lipinski definition) is 5. The quantitative estimate of drug-likeness (QED) is 0.401. The van der Waals surface area contributed by atoms with E-state index in [1.807, 2.05) is 47.1 Å². The standard InChI is InChI=1S/C26H27ClN8O/c1-18-12-20(27)4-5-22(18)26(36)34-9-3-8-33(10-11-34)16-21(14-28-2)35-15-19(13-32-35)24-23-6-7-29-25(23)31-17-30-24/h4-7,12-13,15,17,21H,3,8-11,14,16H2,1H3,(H,29,30,31). The predicted octanol–water partition coefficient (Wildman–Crippen LogP) is 4.09. The third-order valence-corrected chi connectivity index (χ3v) is 6.90. The molecule has 0 bridgehead atoms. The first-order valence-corrected chi connectivity index (χ1v) is 12.3. The summed E-state index contributed by atoms with van der Waals surface area (Å²) in [7, 11) is 0. The Hall–Kier alpha value is -3.74. The molecule has 1 aliphatic heterocycles. The molecule has 1 unspecified atom stereocenters. The molecule has 9 nitrogen and oxygen atoms in total. The lowest BCUT2D eigenvalue weighted by Gasteiger charge is -2.25. The van der Waals surface area contributed by atoms with Gasteiger partial charge in [-0.1, -0.05) is 11.6 Å². The van der Waals surface area contributed by atoms with E-state index in [1.54, 1.807) is 12.3 Å². The number of H-pyrrole nitrogens is 1. The van der Waals surface area contributed by atoms with Crippen molar-refractivity contribution in [2.45, 2.75) is 19.4 Å². The lowest BCUT2D eigenvalue weighted by molar-refractivity contribution is 0.0760. The summed E-state index contributed by atoms with van der Waals surface area (Å²) in [6.07, 6.45) is 8.01. The average Bonchev–Trinajstić information content (AvgIpc) is 3.49. The molecule has 10 heteroatoms. The third-order valence-electron chi connectivity index (χ3n) is 6.67. The zero-order chi connectivity index (χ0) is 25.1. The first-order chi connectivity index (χ1) is 17.5. The van der Waals surface area contributed by atoms with E-state index in [0.717, 1.165) is 47.4 Å². The fraction of sp³-hybridized carbons (Fsp3) is 0.346. The molecule has 1 atom stereocenters. The molecule has 0 radical (unpaired) electrons. The summed E-state index contributed by atoms with van der Waals surface area (Å²) < 4.78 is 1.87. The molecule has 4 heterocycles. The largest absolute Gasteiger partial charge is 0.346 e. The number of nitrogens with one attached hydrogen (secondary N) is 1. The molecule has 5 rings (SSSR count). The minimum atomic E-state index is -0.0967. The Kier molecular flexibility index (Phi) is 6.98. The van der Waals surface area contributed by atoms with Crippen molar-refractivity contribution in [3.8, 4) is 11.3 Å². The molecule has 4 aromatic rings. The molecule has 1 saturated heterocycles. The van der Waals surface area contributed by atoms with Crippen LogP contribution in [-0.4, -0.2) is 79.7 Å². The molecule has 1 aliphatic rings. The van der Waals surface area contributed by atoms with Gasteiger partial charge in [-0.05, 0) is 49.7 Å². The van der Waals surface area contributed by atoms with Gasteiger partial charge in [-0.2, -0.15) is 5.10 Å². The lowest BCUT2D eigenvalue weighted by atomic mass is 10.1. The Balaban J connectivity index is 1.28. The highest BCUT2D eigenvalue weighted by Crippen LogP contribution is 2.25. The van der Waals surface area contributed by atoms with Gasteiger partial charge < -0.3 is 14.7 Å². The summed E-state index contributed by atoms with van der Waals surface area (Å²) in [6, 6.07) is 7.26. The van der Waals surface area contributed by atoms with Crippen LogP contribution in [0.4, 0.5) is 0 Å². The van der Waals surface area contributed by atoms with Crippen molar-refractivity contribution >= 4 is 28.5 Å². The second kappa shape index (κ2) is 10.5. The Morgan fingerprint density at radius 3 is 2.94 bits per heavy atom. The molecule has 1 fully saturated rings. The Bertz CT molecular complexity index is 1420. The summed E-state index contributed by atoms with van der Waals surface area (Å²) in [4.78, 5) is 32.9. The van der Waals surface area contributed by atoms with E-state index < -0.39 is 0 Å². The summed E-state index contributed by atoms with van der Waals surface area (Å²) in [5, 5.41) is 6.16. The number of aromatic nitrogens is 5. The maximum absolute atomic E-state index is 13.1. The number of benzene rings is 1. The molecule has 0 saturated carbocycles. The first-order valence-electron chi connectivity index (χ1n) is 12.0. The van der Waals surface area contributed by atoms with Crippen LogP contribution in [0.25, 0.3) is 27.1 Å². The van der Waals surface area contributed by atoms with Crippen molar-refractivity contribution in [3.63, 3.8) is 0 Å². The minimum absolute atomic E-state index is 0.0429. The van der Waals surface area contributed by atoms with Crippen molar-refractivity contribution in [1.82, 2.24) is 34.5 Å². The van der Waals surface area contributed by atoms with E-state index in [4.69, 9.17) is 18.2 Å². The van der Waals surface area contributed by atoms with Crippen LogP contribution in [0.5, 0.6) is 0 Å². The van der Waals surface area contributed by atoms with Crippen LogP contribution in [0, 0.1) is 13.5 Å². The topological polar surface area (TPSA) is 87.3 Å². The van der Waals surface area contributed by atoms with Gasteiger partial charge in [0.25, 0.3) is 5.91 Å². The van der Waals surface area contributed by atoms with Crippen LogP contribution in [0.3, 0.4) is 0 Å². The van der Waals surface area contributed by atoms with Crippen molar-refractivity contribution in [2.24, 2.45) is 0 Å². The maximum Gasteiger partial charge on any atom is 0.254 e. The zero-order valence-corrected chi connectivity index (χ0v) is 20.8. The first kappa shape index (κ1) is 24.0. The predicted molar refractivity (Wildman–Crippen MR) is 139 cm³/mol. The van der Waals surface area contributed by atoms with Gasteiger partial charge in [0.05, 0.1) is 11.9 Å². The highest BCUT2D eigenvalue weighted by molar-refractivity contribution is 6.30. The van der Waals surface area contributed by atoms with Crippen LogP contribution in [0.2, 0.25) is 5.02 Å². The Morgan fingerprint density at radius 1 is 1.22 bits per heavy atom. The molecule has 0 spiro atoms. The highest BCUT2D eigenvalue weighted by Gasteiger charge is 2.25. The molecular formula is C26H27ClN8O. The van der Waals surface area contributed by atoms with Gasteiger partial charge in [0.2, 0.25) is 6.54 Å². The van der Waals surface area contributed by atoms with Gasteiger partial charge in [0, 0.05) is 60.1 Å². The molecule has 1 aromatic carbocycles. The van der Waals surface area contributed by atoms with Crippen LogP contribution in [0.1, 0.15) is 28.4 Å². The van der Waals surface area contributed by atoms with Crippen molar-refractivity contribution in [2.75, 3.05) is 39.3 Å². The number of carbonyl (C=O) groups is 1. The van der Waals surface area contributed by atoms with Crippen LogP contribution < -0.4 is 0 Å². The fourth-order valence-corrected chi connectivity index (χ4v) is 5.01. The average molecular weight is 503 g/mol. The van der Waals surface area contributed by atoms with Gasteiger partial charge in [-0.25, -0.2) is 16.5 Å². The van der Waals surface area contributed by atoms with E-state index in [2.05, 4.69) is 29.8 Å². The lowest BCUT2D eigenvalue weighted by Crippen LogP contribution is -2.37. The van der Waals surface area contributed by atoms with E-state index >= 15 is 0 Å². The Morgan fingerprint density at radius 2 is 2.11 bits per heavy atom. The number of aryl methyl sites for hydroxylation is 1. The summed E-state index contributed by atoms with van der Waals surface area (Å²) in [6.45, 7) is 13.4. The zero-order valence-electron chi connectivity index (χ0n) is 20.1. The number of halogens is 1. The minimum Gasteiger partial charge on any atom is -0.346 e. The number of nitrogens with zero attached hydrogens (tertiary/aromatic N) is 7. The van der Waals surface area contributed by atoms with Crippen LogP contribution in [-0.2, 0) is 0 Å². The van der Waals surface area contributed by atoms with E-state index in [9.17, 15) is 4.79 Å². The normalized spacial score (nSPS) is 15.5. The number of hydrogen-bond donors (Lipinski definition) is 1. The molecule has 0 aliphatic carbocycles. The molecular weight excluding hydrogens is 476 g/mol.